The number of hydrogen-bond donors (Lipinski definition) is 0. The molecule has 0 aliphatic heterocycles. The lowest BCUT2D eigenvalue weighted by Crippen LogP contribution is -1.88. The Morgan fingerprint density at radius 3 is 2.75 bits per heavy atom. The van der Waals surface area contributed by atoms with Crippen molar-refractivity contribution in [2.75, 3.05) is 0 Å². The van der Waals surface area contributed by atoms with Crippen LogP contribution in [0.3, 0.4) is 0 Å². The molecule has 0 atom stereocenters. The highest BCUT2D eigenvalue weighted by Crippen LogP contribution is 2.44. The minimum absolute atomic E-state index is 0.707. The van der Waals surface area contributed by atoms with Crippen LogP contribution in [0.2, 0.25) is 0 Å². The second-order valence-corrected chi connectivity index (χ2v) is 5.87. The van der Waals surface area contributed by atoms with Crippen molar-refractivity contribution < 1.29 is 0 Å². The molecule has 4 heteroatoms. The van der Waals surface area contributed by atoms with Crippen LogP contribution in [0.25, 0.3) is 21.8 Å². The van der Waals surface area contributed by atoms with Crippen LogP contribution in [0, 0.1) is 0 Å². The molecule has 1 saturated carbocycles. The van der Waals surface area contributed by atoms with Gasteiger partial charge >= 0.3 is 0 Å². The molecule has 0 aromatic carbocycles. The molecule has 0 unspecified atom stereocenters. The van der Waals surface area contributed by atoms with Gasteiger partial charge in [0.1, 0.15) is 5.01 Å². The van der Waals surface area contributed by atoms with Crippen molar-refractivity contribution in [1.82, 2.24) is 15.0 Å². The van der Waals surface area contributed by atoms with Gasteiger partial charge in [-0.2, -0.15) is 0 Å². The zero-order valence-corrected chi connectivity index (χ0v) is 11.7. The summed E-state index contributed by atoms with van der Waals surface area (Å²) in [5.41, 5.74) is 4.64. The van der Waals surface area contributed by atoms with Crippen LogP contribution in [0.5, 0.6) is 0 Å². The van der Waals surface area contributed by atoms with E-state index in [1.165, 1.54) is 24.0 Å². The predicted octanol–water partition coefficient (Wildman–Crippen LogP) is 4.14. The highest BCUT2D eigenvalue weighted by Gasteiger charge is 2.27. The molecular weight excluding hydrogens is 266 g/mol. The van der Waals surface area contributed by atoms with Crippen molar-refractivity contribution in [3.05, 3.63) is 53.9 Å². The first-order valence-electron chi connectivity index (χ1n) is 6.72. The third-order valence-electron chi connectivity index (χ3n) is 3.56. The molecule has 4 rings (SSSR count). The summed E-state index contributed by atoms with van der Waals surface area (Å²) in [7, 11) is 0. The van der Waals surface area contributed by atoms with Crippen LogP contribution in [-0.2, 0) is 0 Å². The van der Waals surface area contributed by atoms with E-state index in [4.69, 9.17) is 4.98 Å². The fourth-order valence-corrected chi connectivity index (χ4v) is 3.24. The first-order valence-corrected chi connectivity index (χ1v) is 7.60. The maximum Gasteiger partial charge on any atom is 0.125 e. The molecule has 1 fully saturated rings. The molecule has 0 radical (unpaired) electrons. The highest BCUT2D eigenvalue weighted by atomic mass is 32.1. The Morgan fingerprint density at radius 1 is 1.05 bits per heavy atom. The molecule has 3 nitrogen and oxygen atoms in total. The first-order chi connectivity index (χ1) is 9.92. The van der Waals surface area contributed by atoms with E-state index in [1.807, 2.05) is 30.7 Å². The second-order valence-electron chi connectivity index (χ2n) is 5.02. The van der Waals surface area contributed by atoms with Gasteiger partial charge in [0.15, 0.2) is 0 Å². The molecule has 20 heavy (non-hydrogen) atoms. The lowest BCUT2D eigenvalue weighted by atomic mass is 10.1. The highest BCUT2D eigenvalue weighted by molar-refractivity contribution is 7.13. The normalized spacial score (nSPS) is 14.4. The molecule has 0 N–H and O–H groups in total. The summed E-state index contributed by atoms with van der Waals surface area (Å²) < 4.78 is 0. The van der Waals surface area contributed by atoms with Crippen LogP contribution in [-0.4, -0.2) is 15.0 Å². The number of rotatable bonds is 3. The third-order valence-corrected chi connectivity index (χ3v) is 4.44. The quantitative estimate of drug-likeness (QED) is 0.723. The molecule has 98 valence electrons. The second kappa shape index (κ2) is 4.80. The van der Waals surface area contributed by atoms with Gasteiger partial charge in [0.2, 0.25) is 0 Å². The van der Waals surface area contributed by atoms with Crippen LogP contribution in [0.1, 0.15) is 24.3 Å². The Hall–Kier alpha value is -2.07. The molecule has 1 aliphatic carbocycles. The van der Waals surface area contributed by atoms with E-state index in [1.54, 1.807) is 17.5 Å². The average molecular weight is 279 g/mol. The van der Waals surface area contributed by atoms with E-state index in [-0.39, 0.29) is 0 Å². The molecule has 3 heterocycles. The van der Waals surface area contributed by atoms with E-state index >= 15 is 0 Å². The zero-order chi connectivity index (χ0) is 13.4. The van der Waals surface area contributed by atoms with Gasteiger partial charge in [-0.05, 0) is 42.5 Å². The van der Waals surface area contributed by atoms with Gasteiger partial charge in [-0.1, -0.05) is 0 Å². The van der Waals surface area contributed by atoms with Crippen molar-refractivity contribution in [3.8, 4) is 21.8 Å². The van der Waals surface area contributed by atoms with E-state index in [0.717, 1.165) is 16.3 Å². The molecule has 3 aromatic heterocycles. The van der Waals surface area contributed by atoms with Gasteiger partial charge < -0.3 is 0 Å². The van der Waals surface area contributed by atoms with Crippen molar-refractivity contribution >= 4 is 11.3 Å². The Morgan fingerprint density at radius 2 is 1.95 bits per heavy atom. The van der Waals surface area contributed by atoms with Gasteiger partial charge in [-0.15, -0.1) is 11.3 Å². The number of aromatic nitrogens is 3. The minimum atomic E-state index is 0.707. The molecule has 0 amide bonds. The summed E-state index contributed by atoms with van der Waals surface area (Å²) >= 11 is 1.68. The van der Waals surface area contributed by atoms with Gasteiger partial charge in [-0.3, -0.25) is 9.97 Å². The summed E-state index contributed by atoms with van der Waals surface area (Å²) in [6.07, 6.45) is 10.0. The fraction of sp³-hybridized carbons (Fsp3) is 0.188. The van der Waals surface area contributed by atoms with Crippen LogP contribution < -0.4 is 0 Å². The lowest BCUT2D eigenvalue weighted by Gasteiger charge is -2.04. The summed E-state index contributed by atoms with van der Waals surface area (Å²) in [6.45, 7) is 0. The SMILES string of the molecule is c1cncc(-c2csc(-c3cnccc3C3CC3)n2)c1. The largest absolute Gasteiger partial charge is 0.264 e. The third kappa shape index (κ3) is 2.12. The van der Waals surface area contributed by atoms with Crippen molar-refractivity contribution in [2.24, 2.45) is 0 Å². The Bertz CT molecular complexity index is 732. The van der Waals surface area contributed by atoms with Gasteiger partial charge in [0.25, 0.3) is 0 Å². The van der Waals surface area contributed by atoms with E-state index in [9.17, 15) is 0 Å². The Labute approximate surface area is 121 Å². The Balaban J connectivity index is 1.75. The van der Waals surface area contributed by atoms with Gasteiger partial charge in [0.05, 0.1) is 5.69 Å². The molecule has 0 bridgehead atoms. The van der Waals surface area contributed by atoms with E-state index in [0.29, 0.717) is 5.92 Å². The zero-order valence-electron chi connectivity index (χ0n) is 10.9. The van der Waals surface area contributed by atoms with E-state index < -0.39 is 0 Å². The first kappa shape index (κ1) is 11.7. The maximum absolute atomic E-state index is 4.76. The topological polar surface area (TPSA) is 38.7 Å². The standard InChI is InChI=1S/C16H13N3S/c1-2-12(8-17-6-1)15-10-20-16(19-15)14-9-18-7-5-13(14)11-3-4-11/h1-2,5-11H,3-4H2. The summed E-state index contributed by atoms with van der Waals surface area (Å²) in [4.78, 5) is 13.2. The van der Waals surface area contributed by atoms with Crippen molar-refractivity contribution in [2.45, 2.75) is 18.8 Å². The van der Waals surface area contributed by atoms with Gasteiger partial charge in [0, 0.05) is 41.3 Å². The summed E-state index contributed by atoms with van der Waals surface area (Å²) in [5.74, 6) is 0.707. The molecule has 0 spiro atoms. The molecule has 0 saturated heterocycles. The van der Waals surface area contributed by atoms with Crippen molar-refractivity contribution in [1.29, 1.82) is 0 Å². The number of nitrogens with zero attached hydrogens (tertiary/aromatic N) is 3. The lowest BCUT2D eigenvalue weighted by molar-refractivity contribution is 1.11. The number of thiazole rings is 1. The molecule has 1 aliphatic rings. The van der Waals surface area contributed by atoms with Crippen LogP contribution in [0.15, 0.2) is 48.4 Å². The molecular formula is C16H13N3S. The Kier molecular flexibility index (Phi) is 2.81. The predicted molar refractivity (Wildman–Crippen MR) is 80.6 cm³/mol. The minimum Gasteiger partial charge on any atom is -0.264 e. The molecule has 3 aromatic rings. The average Bonchev–Trinajstić information content (AvgIpc) is 3.25. The monoisotopic (exact) mass is 279 g/mol. The maximum atomic E-state index is 4.76. The van der Waals surface area contributed by atoms with Crippen LogP contribution in [0.4, 0.5) is 0 Å². The smallest absolute Gasteiger partial charge is 0.125 e. The number of pyridine rings is 2. The van der Waals surface area contributed by atoms with Gasteiger partial charge in [-0.25, -0.2) is 4.98 Å². The number of hydrogen-bond acceptors (Lipinski definition) is 4. The fourth-order valence-electron chi connectivity index (χ4n) is 2.38. The summed E-state index contributed by atoms with van der Waals surface area (Å²) in [5, 5.41) is 3.15. The van der Waals surface area contributed by atoms with Crippen LogP contribution >= 0.6 is 11.3 Å². The summed E-state index contributed by atoms with van der Waals surface area (Å²) in [6, 6.07) is 6.11. The van der Waals surface area contributed by atoms with E-state index in [2.05, 4.69) is 21.4 Å². The van der Waals surface area contributed by atoms with Crippen molar-refractivity contribution in [3.63, 3.8) is 0 Å².